The molecule has 2 aromatic heterocycles. The molecular formula is C8H10Cl2N4Ni. The van der Waals surface area contributed by atoms with Crippen LogP contribution in [0.2, 0.25) is 0 Å². The SMILES string of the molecule is Cn1[c-]ncc1.Cn1[c-]ncc1.[Cl][Ni+2][Cl]. The fourth-order valence-electron chi connectivity index (χ4n) is 0.582. The number of halogens is 2. The number of nitrogens with zero attached hydrogens (tertiary/aromatic N) is 4. The summed E-state index contributed by atoms with van der Waals surface area (Å²) in [6, 6.07) is 0. The van der Waals surface area contributed by atoms with Crippen molar-refractivity contribution in [2.45, 2.75) is 0 Å². The van der Waals surface area contributed by atoms with E-state index in [0.717, 1.165) is 0 Å². The molecule has 0 radical (unpaired) electrons. The molecule has 0 aliphatic rings. The second kappa shape index (κ2) is 10.0. The summed E-state index contributed by atoms with van der Waals surface area (Å²) in [5.41, 5.74) is 0. The normalized spacial score (nSPS) is 8.53. The number of aromatic nitrogens is 4. The van der Waals surface area contributed by atoms with Crippen molar-refractivity contribution >= 4 is 20.4 Å². The molecule has 0 saturated heterocycles. The molecule has 0 atom stereocenters. The van der Waals surface area contributed by atoms with Crippen molar-refractivity contribution in [1.82, 2.24) is 19.1 Å². The number of rotatable bonds is 0. The Morgan fingerprint density at radius 3 is 1.40 bits per heavy atom. The van der Waals surface area contributed by atoms with Gasteiger partial charge in [-0.1, -0.05) is 0 Å². The van der Waals surface area contributed by atoms with Crippen molar-refractivity contribution in [3.8, 4) is 0 Å². The maximum absolute atomic E-state index is 4.70. The van der Waals surface area contributed by atoms with Crippen LogP contribution in [0.5, 0.6) is 0 Å². The van der Waals surface area contributed by atoms with Gasteiger partial charge in [0.05, 0.1) is 0 Å². The summed E-state index contributed by atoms with van der Waals surface area (Å²) in [4.78, 5) is 7.32. The maximum atomic E-state index is 4.70. The van der Waals surface area contributed by atoms with Gasteiger partial charge in [-0.15, -0.1) is 24.8 Å². The summed E-state index contributed by atoms with van der Waals surface area (Å²) in [7, 11) is 13.2. The monoisotopic (exact) mass is 290 g/mol. The molecule has 0 aliphatic carbocycles. The number of imidazole rings is 2. The Balaban J connectivity index is 0.000000210. The van der Waals surface area contributed by atoms with E-state index in [-0.39, 0.29) is 0 Å². The molecule has 15 heavy (non-hydrogen) atoms. The minimum absolute atomic E-state index is 0.569. The van der Waals surface area contributed by atoms with Crippen molar-refractivity contribution in [3.05, 3.63) is 37.4 Å². The summed E-state index contributed by atoms with van der Waals surface area (Å²) in [6.07, 6.45) is 12.4. The van der Waals surface area contributed by atoms with Crippen LogP contribution in [-0.2, 0) is 26.7 Å². The molecule has 0 aliphatic heterocycles. The molecule has 7 heteroatoms. The second-order valence-electron chi connectivity index (χ2n) is 2.32. The third-order valence-corrected chi connectivity index (χ3v) is 1.16. The average molecular weight is 292 g/mol. The van der Waals surface area contributed by atoms with E-state index < -0.39 is 0 Å². The molecule has 2 heterocycles. The van der Waals surface area contributed by atoms with Crippen LogP contribution in [0.25, 0.3) is 0 Å². The summed E-state index contributed by atoms with van der Waals surface area (Å²) in [5.74, 6) is 0. The van der Waals surface area contributed by atoms with Gasteiger partial charge in [0.2, 0.25) is 0 Å². The molecular weight excluding hydrogens is 282 g/mol. The first kappa shape index (κ1) is 14.5. The van der Waals surface area contributed by atoms with Gasteiger partial charge in [-0.3, -0.25) is 0 Å². The van der Waals surface area contributed by atoms with Crippen LogP contribution < -0.4 is 0 Å². The first-order valence-corrected chi connectivity index (χ1v) is 6.45. The molecule has 0 aromatic carbocycles. The zero-order valence-corrected chi connectivity index (χ0v) is 10.7. The van der Waals surface area contributed by atoms with E-state index in [1.165, 1.54) is 0 Å². The van der Waals surface area contributed by atoms with Crippen molar-refractivity contribution in [2.75, 3.05) is 0 Å². The zero-order chi connectivity index (χ0) is 11.5. The second-order valence-corrected chi connectivity index (χ2v) is 3.95. The van der Waals surface area contributed by atoms with Crippen LogP contribution in [-0.4, -0.2) is 19.1 Å². The quantitative estimate of drug-likeness (QED) is 0.548. The number of hydrogen-bond acceptors (Lipinski definition) is 2. The third-order valence-electron chi connectivity index (χ3n) is 1.16. The molecule has 86 valence electrons. The molecule has 0 spiro atoms. The minimum atomic E-state index is 0.569. The van der Waals surface area contributed by atoms with Gasteiger partial charge in [0, 0.05) is 12.7 Å². The van der Waals surface area contributed by atoms with Gasteiger partial charge in [-0.05, 0) is 14.1 Å². The average Bonchev–Trinajstić information content (AvgIpc) is 2.81. The van der Waals surface area contributed by atoms with E-state index in [0.29, 0.717) is 12.7 Å². The molecule has 0 unspecified atom stereocenters. The van der Waals surface area contributed by atoms with Crippen molar-refractivity contribution in [3.63, 3.8) is 0 Å². The zero-order valence-electron chi connectivity index (χ0n) is 8.17. The predicted octanol–water partition coefficient (Wildman–Crippen LogP) is 1.82. The van der Waals surface area contributed by atoms with Crippen LogP contribution in [0.4, 0.5) is 0 Å². The Hall–Kier alpha value is -0.506. The van der Waals surface area contributed by atoms with Gasteiger partial charge in [0.15, 0.2) is 0 Å². The van der Waals surface area contributed by atoms with Crippen LogP contribution in [0.15, 0.2) is 24.8 Å². The van der Waals surface area contributed by atoms with Crippen LogP contribution in [0.1, 0.15) is 0 Å². The van der Waals surface area contributed by atoms with Gasteiger partial charge in [0.25, 0.3) is 0 Å². The van der Waals surface area contributed by atoms with E-state index in [4.69, 9.17) is 20.4 Å². The predicted molar refractivity (Wildman–Crippen MR) is 55.8 cm³/mol. The Morgan fingerprint density at radius 1 is 1.00 bits per heavy atom. The summed E-state index contributed by atoms with van der Waals surface area (Å²) >= 11 is 0.569. The number of aryl methyl sites for hydroxylation is 2. The first-order chi connectivity index (χ1) is 7.20. The Kier molecular flexibility index (Phi) is 9.69. The topological polar surface area (TPSA) is 35.6 Å². The van der Waals surface area contributed by atoms with E-state index in [1.54, 1.807) is 21.5 Å². The molecule has 0 fully saturated rings. The van der Waals surface area contributed by atoms with Crippen molar-refractivity contribution in [2.24, 2.45) is 14.1 Å². The van der Waals surface area contributed by atoms with E-state index in [9.17, 15) is 0 Å². The Morgan fingerprint density at radius 2 is 1.33 bits per heavy atom. The summed E-state index contributed by atoms with van der Waals surface area (Å²) < 4.78 is 3.53. The third kappa shape index (κ3) is 9.79. The van der Waals surface area contributed by atoms with E-state index in [2.05, 4.69) is 22.6 Å². The van der Waals surface area contributed by atoms with Crippen LogP contribution >= 0.6 is 20.4 Å². The van der Waals surface area contributed by atoms with Gasteiger partial charge in [-0.2, -0.15) is 0 Å². The van der Waals surface area contributed by atoms with Gasteiger partial charge in [-0.25, -0.2) is 0 Å². The van der Waals surface area contributed by atoms with Crippen LogP contribution in [0, 0.1) is 12.7 Å². The Bertz CT molecular complexity index is 277. The number of hydrogen-bond donors (Lipinski definition) is 0. The molecule has 0 N–H and O–H groups in total. The van der Waals surface area contributed by atoms with Crippen LogP contribution in [0.3, 0.4) is 0 Å². The molecule has 2 aromatic rings. The van der Waals surface area contributed by atoms with Crippen molar-refractivity contribution < 1.29 is 12.7 Å². The molecule has 2 rings (SSSR count). The Labute approximate surface area is 104 Å². The van der Waals surface area contributed by atoms with E-state index in [1.807, 2.05) is 26.5 Å². The fraction of sp³-hybridized carbons (Fsp3) is 0.250. The van der Waals surface area contributed by atoms with E-state index >= 15 is 0 Å². The standard InChI is InChI=1S/2C4H5N2.2ClH.Ni/c2*1-6-3-2-5-4-6;;;/h2*2-3H,1H3;2*1H;/q2*-1;;;+4/p-2. The molecule has 4 nitrogen and oxygen atoms in total. The van der Waals surface area contributed by atoms with Gasteiger partial charge in [0.1, 0.15) is 0 Å². The fourth-order valence-corrected chi connectivity index (χ4v) is 0.582. The molecule has 0 amide bonds. The summed E-state index contributed by atoms with van der Waals surface area (Å²) in [6.45, 7) is 0. The molecule has 0 saturated carbocycles. The summed E-state index contributed by atoms with van der Waals surface area (Å²) in [5, 5.41) is 0. The van der Waals surface area contributed by atoms with Crippen molar-refractivity contribution in [1.29, 1.82) is 0 Å². The van der Waals surface area contributed by atoms with Gasteiger partial charge >= 0.3 is 33.0 Å². The van der Waals surface area contributed by atoms with Gasteiger partial charge < -0.3 is 19.1 Å². The molecule has 0 bridgehead atoms. The first-order valence-electron chi connectivity index (χ1n) is 3.73.